The molecule has 118 valence electrons. The molecule has 0 aliphatic heterocycles. The van der Waals surface area contributed by atoms with Crippen molar-refractivity contribution in [2.24, 2.45) is 0 Å². The molecule has 23 heavy (non-hydrogen) atoms. The standard InChI is InChI=1S/C18H16O5/c1-2-6-14-15(18(21)22)9-13(17(19)20)10-16(14)23-11-12-7-4-3-5-8-12/h2-5,7-10H,1,6,11H2,(H,19,20)(H,21,22). The summed E-state index contributed by atoms with van der Waals surface area (Å²) in [5, 5.41) is 18.5. The molecule has 0 atom stereocenters. The lowest BCUT2D eigenvalue weighted by Crippen LogP contribution is -2.09. The van der Waals surface area contributed by atoms with E-state index in [-0.39, 0.29) is 29.9 Å². The summed E-state index contributed by atoms with van der Waals surface area (Å²) in [5.41, 5.74) is 1.09. The van der Waals surface area contributed by atoms with E-state index in [2.05, 4.69) is 6.58 Å². The molecule has 2 aromatic rings. The molecule has 0 fully saturated rings. The molecule has 0 saturated heterocycles. The van der Waals surface area contributed by atoms with E-state index < -0.39 is 11.9 Å². The molecule has 0 radical (unpaired) electrons. The van der Waals surface area contributed by atoms with Gasteiger partial charge in [-0.1, -0.05) is 36.4 Å². The molecular formula is C18H16O5. The first-order chi connectivity index (χ1) is 11.0. The lowest BCUT2D eigenvalue weighted by Gasteiger charge is -2.14. The van der Waals surface area contributed by atoms with Gasteiger partial charge in [0.1, 0.15) is 12.4 Å². The molecule has 0 aliphatic rings. The van der Waals surface area contributed by atoms with Crippen LogP contribution in [0.25, 0.3) is 0 Å². The van der Waals surface area contributed by atoms with Crippen LogP contribution in [0.1, 0.15) is 31.8 Å². The molecule has 0 bridgehead atoms. The van der Waals surface area contributed by atoms with Gasteiger partial charge in [-0.15, -0.1) is 6.58 Å². The second-order valence-corrected chi connectivity index (χ2v) is 4.88. The first-order valence-corrected chi connectivity index (χ1v) is 6.94. The first kappa shape index (κ1) is 16.3. The van der Waals surface area contributed by atoms with Gasteiger partial charge in [-0.25, -0.2) is 9.59 Å². The highest BCUT2D eigenvalue weighted by molar-refractivity contribution is 5.96. The summed E-state index contributed by atoms with van der Waals surface area (Å²) < 4.78 is 5.68. The maximum atomic E-state index is 11.4. The van der Waals surface area contributed by atoms with Crippen LogP contribution < -0.4 is 4.74 Å². The van der Waals surface area contributed by atoms with Crippen molar-refractivity contribution in [1.82, 2.24) is 0 Å². The Bertz CT molecular complexity index is 735. The number of carboxylic acid groups (broad SMARTS) is 2. The van der Waals surface area contributed by atoms with Crippen molar-refractivity contribution in [2.45, 2.75) is 13.0 Å². The van der Waals surface area contributed by atoms with Crippen LogP contribution in [0.4, 0.5) is 0 Å². The zero-order valence-corrected chi connectivity index (χ0v) is 12.4. The molecule has 0 amide bonds. The third-order valence-electron chi connectivity index (χ3n) is 3.27. The molecule has 2 rings (SSSR count). The van der Waals surface area contributed by atoms with Gasteiger partial charge in [0.05, 0.1) is 11.1 Å². The van der Waals surface area contributed by atoms with E-state index in [0.29, 0.717) is 5.56 Å². The Morgan fingerprint density at radius 3 is 2.35 bits per heavy atom. The minimum Gasteiger partial charge on any atom is -0.489 e. The van der Waals surface area contributed by atoms with Crippen LogP contribution in [0.15, 0.2) is 55.1 Å². The summed E-state index contributed by atoms with van der Waals surface area (Å²) in [7, 11) is 0. The fourth-order valence-electron chi connectivity index (χ4n) is 2.18. The number of benzene rings is 2. The number of hydrogen-bond donors (Lipinski definition) is 2. The lowest BCUT2D eigenvalue weighted by molar-refractivity contribution is 0.0695. The molecule has 0 aromatic heterocycles. The zero-order valence-electron chi connectivity index (χ0n) is 12.4. The fraction of sp³-hybridized carbons (Fsp3) is 0.111. The van der Waals surface area contributed by atoms with Crippen molar-refractivity contribution in [1.29, 1.82) is 0 Å². The van der Waals surface area contributed by atoms with Gasteiger partial charge in [-0.3, -0.25) is 0 Å². The lowest BCUT2D eigenvalue weighted by atomic mass is 10.00. The van der Waals surface area contributed by atoms with Crippen LogP contribution in [-0.4, -0.2) is 22.2 Å². The topological polar surface area (TPSA) is 83.8 Å². The summed E-state index contributed by atoms with van der Waals surface area (Å²) >= 11 is 0. The van der Waals surface area contributed by atoms with Crippen LogP contribution >= 0.6 is 0 Å². The number of aromatic carboxylic acids is 2. The predicted octanol–water partition coefficient (Wildman–Crippen LogP) is 3.39. The van der Waals surface area contributed by atoms with E-state index in [1.807, 2.05) is 30.3 Å². The Balaban J connectivity index is 2.43. The number of carboxylic acids is 2. The second-order valence-electron chi connectivity index (χ2n) is 4.88. The van der Waals surface area contributed by atoms with Gasteiger partial charge in [-0.05, 0) is 24.1 Å². The van der Waals surface area contributed by atoms with Gasteiger partial charge >= 0.3 is 11.9 Å². The maximum absolute atomic E-state index is 11.4. The molecule has 0 aliphatic carbocycles. The van der Waals surface area contributed by atoms with E-state index >= 15 is 0 Å². The van der Waals surface area contributed by atoms with E-state index in [0.717, 1.165) is 11.6 Å². The molecule has 2 N–H and O–H groups in total. The van der Waals surface area contributed by atoms with Crippen LogP contribution in [-0.2, 0) is 13.0 Å². The number of allylic oxidation sites excluding steroid dienone is 1. The smallest absolute Gasteiger partial charge is 0.336 e. The summed E-state index contributed by atoms with van der Waals surface area (Å²) in [6, 6.07) is 11.8. The minimum atomic E-state index is -1.21. The average molecular weight is 312 g/mol. The van der Waals surface area contributed by atoms with Crippen molar-refractivity contribution >= 4 is 11.9 Å². The van der Waals surface area contributed by atoms with Gasteiger partial charge in [0.25, 0.3) is 0 Å². The van der Waals surface area contributed by atoms with Crippen molar-refractivity contribution in [3.05, 3.63) is 77.4 Å². The molecule has 2 aromatic carbocycles. The Morgan fingerprint density at radius 1 is 1.09 bits per heavy atom. The number of carbonyl (C=O) groups is 2. The number of hydrogen-bond acceptors (Lipinski definition) is 3. The van der Waals surface area contributed by atoms with Crippen molar-refractivity contribution in [3.63, 3.8) is 0 Å². The van der Waals surface area contributed by atoms with E-state index in [1.54, 1.807) is 6.08 Å². The van der Waals surface area contributed by atoms with E-state index in [9.17, 15) is 14.7 Å². The first-order valence-electron chi connectivity index (χ1n) is 6.94. The number of ether oxygens (including phenoxy) is 1. The largest absolute Gasteiger partial charge is 0.489 e. The second kappa shape index (κ2) is 7.26. The zero-order chi connectivity index (χ0) is 16.8. The highest BCUT2D eigenvalue weighted by Crippen LogP contribution is 2.27. The fourth-order valence-corrected chi connectivity index (χ4v) is 2.18. The third kappa shape index (κ3) is 3.97. The van der Waals surface area contributed by atoms with Crippen LogP contribution in [0.5, 0.6) is 5.75 Å². The summed E-state index contributed by atoms with van der Waals surface area (Å²) in [6.45, 7) is 3.82. The number of rotatable bonds is 7. The highest BCUT2D eigenvalue weighted by atomic mass is 16.5. The van der Waals surface area contributed by atoms with Gasteiger partial charge in [0, 0.05) is 5.56 Å². The highest BCUT2D eigenvalue weighted by Gasteiger charge is 2.19. The quantitative estimate of drug-likeness (QED) is 0.766. The van der Waals surface area contributed by atoms with Crippen molar-refractivity contribution < 1.29 is 24.5 Å². The molecule has 0 spiro atoms. The maximum Gasteiger partial charge on any atom is 0.336 e. The minimum absolute atomic E-state index is 0.0899. The van der Waals surface area contributed by atoms with Crippen LogP contribution in [0.2, 0.25) is 0 Å². The van der Waals surface area contributed by atoms with E-state index in [4.69, 9.17) is 9.84 Å². The van der Waals surface area contributed by atoms with Gasteiger partial charge in [0.15, 0.2) is 0 Å². The normalized spacial score (nSPS) is 10.1. The van der Waals surface area contributed by atoms with Gasteiger partial charge in [0.2, 0.25) is 0 Å². The molecule has 0 saturated carbocycles. The Labute approximate surface area is 133 Å². The monoisotopic (exact) mass is 312 g/mol. The Kier molecular flexibility index (Phi) is 5.15. The Morgan fingerprint density at radius 2 is 1.78 bits per heavy atom. The molecule has 0 heterocycles. The molecule has 5 heteroatoms. The van der Waals surface area contributed by atoms with Crippen LogP contribution in [0, 0.1) is 0 Å². The van der Waals surface area contributed by atoms with E-state index in [1.165, 1.54) is 6.07 Å². The predicted molar refractivity (Wildman–Crippen MR) is 85.0 cm³/mol. The third-order valence-corrected chi connectivity index (χ3v) is 3.27. The molecule has 0 unspecified atom stereocenters. The Hall–Kier alpha value is -3.08. The van der Waals surface area contributed by atoms with Crippen molar-refractivity contribution in [2.75, 3.05) is 0 Å². The van der Waals surface area contributed by atoms with Crippen molar-refractivity contribution in [3.8, 4) is 5.75 Å². The summed E-state index contributed by atoms with van der Waals surface area (Å²) in [6.07, 6.45) is 1.82. The average Bonchev–Trinajstić information content (AvgIpc) is 2.54. The summed E-state index contributed by atoms with van der Waals surface area (Å²) in [4.78, 5) is 22.6. The van der Waals surface area contributed by atoms with Crippen LogP contribution in [0.3, 0.4) is 0 Å². The molecule has 5 nitrogen and oxygen atoms in total. The van der Waals surface area contributed by atoms with Gasteiger partial charge in [-0.2, -0.15) is 0 Å². The van der Waals surface area contributed by atoms with Gasteiger partial charge < -0.3 is 14.9 Å². The molecular weight excluding hydrogens is 296 g/mol. The summed E-state index contributed by atoms with van der Waals surface area (Å²) in [5.74, 6) is -2.16. The SMILES string of the molecule is C=CCc1c(OCc2ccccc2)cc(C(=O)O)cc1C(=O)O.